The van der Waals surface area contributed by atoms with E-state index in [9.17, 15) is 14.0 Å². The van der Waals surface area contributed by atoms with Crippen LogP contribution in [-0.2, 0) is 0 Å². The molecule has 0 bridgehead atoms. The Kier molecular flexibility index (Phi) is 4.44. The van der Waals surface area contributed by atoms with E-state index in [0.29, 0.717) is 33.7 Å². The second kappa shape index (κ2) is 7.08. The van der Waals surface area contributed by atoms with Crippen molar-refractivity contribution in [3.05, 3.63) is 59.5 Å². The van der Waals surface area contributed by atoms with Crippen molar-refractivity contribution < 1.29 is 18.7 Å². The number of halogens is 1. The van der Waals surface area contributed by atoms with E-state index in [2.05, 4.69) is 5.10 Å². The molecule has 2 atom stereocenters. The first kappa shape index (κ1) is 20.0. The number of carbonyl (C=O) groups excluding carboxylic acids is 2. The van der Waals surface area contributed by atoms with Crippen LogP contribution in [0.3, 0.4) is 0 Å². The summed E-state index contributed by atoms with van der Waals surface area (Å²) in [6.07, 6.45) is 2.25. The van der Waals surface area contributed by atoms with Crippen LogP contribution in [0.5, 0.6) is 11.5 Å². The van der Waals surface area contributed by atoms with Gasteiger partial charge in [-0.3, -0.25) is 9.36 Å². The Labute approximate surface area is 183 Å². The minimum absolute atomic E-state index is 0.104. The van der Waals surface area contributed by atoms with Crippen molar-refractivity contribution in [2.75, 3.05) is 6.54 Å². The lowest BCUT2D eigenvalue weighted by atomic mass is 10.0. The zero-order valence-corrected chi connectivity index (χ0v) is 17.9. The van der Waals surface area contributed by atoms with Crippen molar-refractivity contribution >= 4 is 28.4 Å². The summed E-state index contributed by atoms with van der Waals surface area (Å²) >= 11 is 0. The summed E-state index contributed by atoms with van der Waals surface area (Å²) in [5, 5.41) is 5.12. The van der Waals surface area contributed by atoms with Gasteiger partial charge >= 0.3 is 6.03 Å². The third kappa shape index (κ3) is 2.92. The lowest BCUT2D eigenvalue weighted by Gasteiger charge is -2.41. The first-order valence-corrected chi connectivity index (χ1v) is 10.3. The molecule has 0 radical (unpaired) electrons. The van der Waals surface area contributed by atoms with Crippen LogP contribution >= 0.6 is 0 Å². The van der Waals surface area contributed by atoms with Gasteiger partial charge in [0.05, 0.1) is 29.9 Å². The molecule has 4 aromatic rings. The van der Waals surface area contributed by atoms with Crippen molar-refractivity contribution in [1.82, 2.24) is 19.1 Å². The summed E-state index contributed by atoms with van der Waals surface area (Å²) in [6, 6.07) is 7.97. The molecule has 4 heterocycles. The number of nitrogens with two attached hydrogens (primary N) is 1. The Balaban J connectivity index is 1.52. The van der Waals surface area contributed by atoms with Crippen molar-refractivity contribution in [3.63, 3.8) is 0 Å². The summed E-state index contributed by atoms with van der Waals surface area (Å²) in [7, 11) is 0. The molecule has 2 N–H and O–H groups in total. The van der Waals surface area contributed by atoms with Gasteiger partial charge in [0.1, 0.15) is 17.4 Å². The molecule has 32 heavy (non-hydrogen) atoms. The third-order valence-corrected chi connectivity index (χ3v) is 6.17. The maximum absolute atomic E-state index is 13.6. The van der Waals surface area contributed by atoms with E-state index < -0.39 is 18.2 Å². The standard InChI is InChI=1S/C23H22FN5O3/c1-12-8-15-9-16(4-5-19(15)29(12)23(25)31)32-20-6-7-26-28-10-17(13(2)21(20)28)22(30)27-11-18(24)14(27)3/h4-10,14,18H,11H2,1-3H3,(H2,25,31)/t14-,18?/m1/s1. The molecule has 1 fully saturated rings. The number of alkyl halides is 1. The number of rotatable bonds is 3. The summed E-state index contributed by atoms with van der Waals surface area (Å²) in [6.45, 7) is 5.44. The maximum Gasteiger partial charge on any atom is 0.323 e. The Morgan fingerprint density at radius 2 is 2.00 bits per heavy atom. The molecule has 9 heteroatoms. The fourth-order valence-electron chi connectivity index (χ4n) is 4.32. The molecule has 1 aliphatic rings. The Morgan fingerprint density at radius 3 is 2.69 bits per heavy atom. The Morgan fingerprint density at radius 1 is 1.22 bits per heavy atom. The number of ether oxygens (including phenoxy) is 1. The fourth-order valence-corrected chi connectivity index (χ4v) is 4.32. The lowest BCUT2D eigenvalue weighted by Crippen LogP contribution is -2.58. The van der Waals surface area contributed by atoms with Gasteiger partial charge in [-0.05, 0) is 50.6 Å². The molecule has 1 aliphatic heterocycles. The van der Waals surface area contributed by atoms with Crippen molar-refractivity contribution in [3.8, 4) is 11.5 Å². The Bertz CT molecular complexity index is 1410. The molecule has 1 saturated heterocycles. The fraction of sp³-hybridized carbons (Fsp3) is 0.261. The zero-order valence-electron chi connectivity index (χ0n) is 17.9. The van der Waals surface area contributed by atoms with Gasteiger partial charge in [-0.2, -0.15) is 5.10 Å². The van der Waals surface area contributed by atoms with Gasteiger partial charge in [0.15, 0.2) is 5.75 Å². The van der Waals surface area contributed by atoms with Crippen LogP contribution in [-0.4, -0.2) is 49.8 Å². The highest BCUT2D eigenvalue weighted by atomic mass is 19.1. The van der Waals surface area contributed by atoms with Gasteiger partial charge in [0.25, 0.3) is 5.91 Å². The molecule has 0 spiro atoms. The first-order valence-electron chi connectivity index (χ1n) is 10.3. The molecular weight excluding hydrogens is 413 g/mol. The molecule has 2 amide bonds. The summed E-state index contributed by atoms with van der Waals surface area (Å²) in [5.41, 5.74) is 8.75. The predicted octanol–water partition coefficient (Wildman–Crippen LogP) is 3.81. The molecule has 164 valence electrons. The second-order valence-corrected chi connectivity index (χ2v) is 8.15. The van der Waals surface area contributed by atoms with E-state index in [0.717, 1.165) is 11.1 Å². The number of benzene rings is 1. The minimum atomic E-state index is -0.990. The van der Waals surface area contributed by atoms with Gasteiger partial charge in [-0.15, -0.1) is 0 Å². The number of hydrogen-bond acceptors (Lipinski definition) is 4. The number of fused-ring (bicyclic) bond motifs is 2. The highest BCUT2D eigenvalue weighted by Crippen LogP contribution is 2.33. The monoisotopic (exact) mass is 435 g/mol. The van der Waals surface area contributed by atoms with E-state index in [-0.39, 0.29) is 12.5 Å². The number of hydrogen-bond donors (Lipinski definition) is 1. The number of primary amides is 1. The normalized spacial score (nSPS) is 18.2. The average Bonchev–Trinajstić information content (AvgIpc) is 3.27. The number of amides is 2. The number of likely N-dealkylation sites (tertiary alicyclic amines) is 1. The summed E-state index contributed by atoms with van der Waals surface area (Å²) in [5.74, 6) is 0.879. The van der Waals surface area contributed by atoms with Crippen molar-refractivity contribution in [2.24, 2.45) is 5.73 Å². The van der Waals surface area contributed by atoms with E-state index in [1.54, 1.807) is 42.0 Å². The van der Waals surface area contributed by atoms with Crippen LogP contribution in [0.25, 0.3) is 16.4 Å². The highest BCUT2D eigenvalue weighted by molar-refractivity contribution is 5.99. The maximum atomic E-state index is 13.6. The van der Waals surface area contributed by atoms with Crippen LogP contribution in [0, 0.1) is 13.8 Å². The topological polar surface area (TPSA) is 94.9 Å². The quantitative estimate of drug-likeness (QED) is 0.529. The van der Waals surface area contributed by atoms with E-state index in [1.807, 2.05) is 26.0 Å². The lowest BCUT2D eigenvalue weighted by molar-refractivity contribution is 0.00638. The zero-order chi connectivity index (χ0) is 22.7. The predicted molar refractivity (Wildman–Crippen MR) is 117 cm³/mol. The van der Waals surface area contributed by atoms with Gasteiger partial charge in [-0.25, -0.2) is 13.7 Å². The van der Waals surface area contributed by atoms with E-state index >= 15 is 0 Å². The number of aryl methyl sites for hydroxylation is 2. The SMILES string of the molecule is Cc1c(C(=O)N2CC(F)[C@H]2C)cn2nccc(Oc3ccc4c(c3)cc(C)n4C(N)=O)c12. The molecule has 0 aliphatic carbocycles. The molecular formula is C23H22FN5O3. The molecule has 0 saturated carbocycles. The average molecular weight is 435 g/mol. The minimum Gasteiger partial charge on any atom is -0.455 e. The van der Waals surface area contributed by atoms with Gasteiger partial charge in [0.2, 0.25) is 0 Å². The molecule has 3 aromatic heterocycles. The van der Waals surface area contributed by atoms with Crippen LogP contribution in [0.1, 0.15) is 28.5 Å². The molecule has 5 rings (SSSR count). The van der Waals surface area contributed by atoms with Gasteiger partial charge in [-0.1, -0.05) is 0 Å². The smallest absolute Gasteiger partial charge is 0.323 e. The van der Waals surface area contributed by atoms with E-state index in [4.69, 9.17) is 10.5 Å². The summed E-state index contributed by atoms with van der Waals surface area (Å²) in [4.78, 5) is 26.2. The third-order valence-electron chi connectivity index (χ3n) is 6.17. The van der Waals surface area contributed by atoms with Crippen molar-refractivity contribution in [1.29, 1.82) is 0 Å². The van der Waals surface area contributed by atoms with Crippen LogP contribution in [0.4, 0.5) is 9.18 Å². The van der Waals surface area contributed by atoms with Crippen LogP contribution in [0.15, 0.2) is 42.7 Å². The first-order chi connectivity index (χ1) is 15.3. The van der Waals surface area contributed by atoms with Gasteiger partial charge in [0, 0.05) is 23.3 Å². The van der Waals surface area contributed by atoms with E-state index in [1.165, 1.54) is 9.47 Å². The number of carbonyl (C=O) groups is 2. The molecule has 1 aromatic carbocycles. The van der Waals surface area contributed by atoms with Crippen LogP contribution in [0.2, 0.25) is 0 Å². The van der Waals surface area contributed by atoms with Gasteiger partial charge < -0.3 is 15.4 Å². The van der Waals surface area contributed by atoms with Crippen molar-refractivity contribution in [2.45, 2.75) is 33.0 Å². The molecule has 1 unspecified atom stereocenters. The Hall–Kier alpha value is -3.88. The largest absolute Gasteiger partial charge is 0.455 e. The summed E-state index contributed by atoms with van der Waals surface area (Å²) < 4.78 is 22.8. The second-order valence-electron chi connectivity index (χ2n) is 8.15. The highest BCUT2D eigenvalue weighted by Gasteiger charge is 2.40. The van der Waals surface area contributed by atoms with Crippen LogP contribution < -0.4 is 10.5 Å². The molecule has 8 nitrogen and oxygen atoms in total. The number of nitrogens with zero attached hydrogens (tertiary/aromatic N) is 4. The number of aromatic nitrogens is 3.